The lowest BCUT2D eigenvalue weighted by Crippen LogP contribution is -2.52. The quantitative estimate of drug-likeness (QED) is 0.225. The molecule has 3 fully saturated rings. The standard InChI is InChI=1S/C36H42N10O4/c1-49-27-19-45(20-27)33-10-4-8-25(37-33)17-35(47)39-31-14-12-29(41-43-31)23-6-3-7-24(16-23)30-13-15-32(44-42-30)40-36(48)18-26-9-5-11-34(38-26)46-21-28(22-46)50-2/h4-5,8-15,23-24,27-28H,3,6-7,16-22H2,1-2H3,(H,39,43,47)(H,40,44,48)/t23-,24-/m0/s1. The average Bonchev–Trinajstić information content (AvgIpc) is 3.08. The fourth-order valence-corrected chi connectivity index (χ4v) is 6.72. The Kier molecular flexibility index (Phi) is 10.2. The lowest BCUT2D eigenvalue weighted by atomic mass is 9.78. The number of anilines is 4. The van der Waals surface area contributed by atoms with Crippen LogP contribution in [-0.2, 0) is 31.9 Å². The van der Waals surface area contributed by atoms with Crippen LogP contribution >= 0.6 is 0 Å². The van der Waals surface area contributed by atoms with E-state index in [-0.39, 0.29) is 48.7 Å². The van der Waals surface area contributed by atoms with Gasteiger partial charge in [0.15, 0.2) is 11.6 Å². The molecule has 3 aliphatic rings. The van der Waals surface area contributed by atoms with Gasteiger partial charge in [0.25, 0.3) is 0 Å². The van der Waals surface area contributed by atoms with E-state index in [9.17, 15) is 9.59 Å². The molecule has 1 saturated carbocycles. The van der Waals surface area contributed by atoms with Crippen molar-refractivity contribution in [2.45, 2.75) is 62.6 Å². The van der Waals surface area contributed by atoms with Gasteiger partial charge in [-0.1, -0.05) is 18.6 Å². The number of carbonyl (C=O) groups excluding carboxylic acids is 2. The fraction of sp³-hybridized carbons (Fsp3) is 0.444. The normalized spacial score (nSPS) is 19.4. The lowest BCUT2D eigenvalue weighted by molar-refractivity contribution is -0.116. The molecule has 1 aliphatic carbocycles. The first-order chi connectivity index (χ1) is 24.4. The van der Waals surface area contributed by atoms with Crippen LogP contribution in [0.5, 0.6) is 0 Å². The number of nitrogens with zero attached hydrogens (tertiary/aromatic N) is 8. The second-order valence-electron chi connectivity index (χ2n) is 13.2. The highest BCUT2D eigenvalue weighted by molar-refractivity contribution is 5.91. The molecular weight excluding hydrogens is 636 g/mol. The first-order valence-electron chi connectivity index (χ1n) is 17.2. The van der Waals surface area contributed by atoms with Gasteiger partial charge in [-0.25, -0.2) is 9.97 Å². The summed E-state index contributed by atoms with van der Waals surface area (Å²) < 4.78 is 10.7. The molecule has 2 N–H and O–H groups in total. The lowest BCUT2D eigenvalue weighted by Gasteiger charge is -2.39. The zero-order valence-corrected chi connectivity index (χ0v) is 28.4. The summed E-state index contributed by atoms with van der Waals surface area (Å²) in [7, 11) is 3.43. The molecule has 0 radical (unpaired) electrons. The van der Waals surface area contributed by atoms with Crippen LogP contribution in [0.1, 0.15) is 60.3 Å². The molecule has 6 heterocycles. The molecule has 2 amide bonds. The van der Waals surface area contributed by atoms with Crippen LogP contribution in [-0.4, -0.2) is 94.8 Å². The van der Waals surface area contributed by atoms with Gasteiger partial charge in [-0.15, -0.1) is 10.2 Å². The molecule has 4 aromatic heterocycles. The number of hydrogen-bond donors (Lipinski definition) is 2. The maximum Gasteiger partial charge on any atom is 0.231 e. The molecule has 0 bridgehead atoms. The van der Waals surface area contributed by atoms with Crippen molar-refractivity contribution < 1.29 is 19.1 Å². The van der Waals surface area contributed by atoms with Crippen molar-refractivity contribution in [2.24, 2.45) is 0 Å². The maximum atomic E-state index is 12.8. The van der Waals surface area contributed by atoms with Crippen LogP contribution in [0.2, 0.25) is 0 Å². The molecule has 14 nitrogen and oxygen atoms in total. The van der Waals surface area contributed by atoms with Crippen molar-refractivity contribution in [1.29, 1.82) is 0 Å². The predicted octanol–water partition coefficient (Wildman–Crippen LogP) is 3.53. The molecule has 2 aliphatic heterocycles. The number of carbonyl (C=O) groups is 2. The maximum absolute atomic E-state index is 12.8. The van der Waals surface area contributed by atoms with E-state index < -0.39 is 0 Å². The first kappa shape index (κ1) is 33.4. The molecule has 0 spiro atoms. The number of pyridine rings is 2. The number of rotatable bonds is 12. The number of methoxy groups -OCH3 is 2. The van der Waals surface area contributed by atoms with E-state index in [0.717, 1.165) is 74.9 Å². The van der Waals surface area contributed by atoms with Gasteiger partial charge in [0.1, 0.15) is 11.6 Å². The second kappa shape index (κ2) is 15.2. The number of aromatic nitrogens is 6. The van der Waals surface area contributed by atoms with E-state index in [1.165, 1.54) is 0 Å². The summed E-state index contributed by atoms with van der Waals surface area (Å²) in [6.07, 6.45) is 4.65. The molecule has 4 aromatic rings. The molecule has 0 aromatic carbocycles. The highest BCUT2D eigenvalue weighted by Gasteiger charge is 2.29. The van der Waals surface area contributed by atoms with Gasteiger partial charge in [0.05, 0.1) is 47.8 Å². The summed E-state index contributed by atoms with van der Waals surface area (Å²) >= 11 is 0. The third-order valence-electron chi connectivity index (χ3n) is 9.69. The third kappa shape index (κ3) is 8.03. The number of nitrogens with one attached hydrogen (secondary N) is 2. The molecule has 50 heavy (non-hydrogen) atoms. The highest BCUT2D eigenvalue weighted by Crippen LogP contribution is 2.40. The Balaban J connectivity index is 0.881. The van der Waals surface area contributed by atoms with Crippen molar-refractivity contribution in [3.63, 3.8) is 0 Å². The molecule has 0 unspecified atom stereocenters. The highest BCUT2D eigenvalue weighted by atomic mass is 16.5. The Labute approximate surface area is 291 Å². The molecule has 2 saturated heterocycles. The number of ether oxygens (including phenoxy) is 2. The van der Waals surface area contributed by atoms with E-state index in [2.05, 4.69) is 50.8 Å². The van der Waals surface area contributed by atoms with E-state index >= 15 is 0 Å². The first-order valence-corrected chi connectivity index (χ1v) is 17.2. The topological polar surface area (TPSA) is 160 Å². The van der Waals surface area contributed by atoms with Gasteiger partial charge < -0.3 is 29.9 Å². The van der Waals surface area contributed by atoms with Crippen molar-refractivity contribution in [1.82, 2.24) is 30.4 Å². The van der Waals surface area contributed by atoms with Crippen LogP contribution in [0.3, 0.4) is 0 Å². The Bertz CT molecular complexity index is 1650. The van der Waals surface area contributed by atoms with Crippen LogP contribution < -0.4 is 20.4 Å². The van der Waals surface area contributed by atoms with Crippen LogP contribution in [0, 0.1) is 0 Å². The summed E-state index contributed by atoms with van der Waals surface area (Å²) in [5.74, 6) is 2.58. The fourth-order valence-electron chi connectivity index (χ4n) is 6.72. The largest absolute Gasteiger partial charge is 0.378 e. The minimum absolute atomic E-state index is 0.145. The SMILES string of the molecule is COC1CN(c2cccc(CC(=O)Nc3ccc([C@H]4CCC[C@H](c5ccc(NC(=O)Cc6cccc(N7CC(OC)C7)n6)nn5)C4)nn3)n2)C1. The van der Waals surface area contributed by atoms with E-state index in [4.69, 9.17) is 9.47 Å². The molecule has 14 heteroatoms. The van der Waals surface area contributed by atoms with Crippen molar-refractivity contribution >= 4 is 35.1 Å². The van der Waals surface area contributed by atoms with Crippen LogP contribution in [0.25, 0.3) is 0 Å². The van der Waals surface area contributed by atoms with Crippen LogP contribution in [0.4, 0.5) is 23.3 Å². The van der Waals surface area contributed by atoms with Gasteiger partial charge in [-0.2, -0.15) is 10.2 Å². The van der Waals surface area contributed by atoms with Gasteiger partial charge in [0.2, 0.25) is 11.8 Å². The zero-order valence-electron chi connectivity index (χ0n) is 28.4. The Morgan fingerprint density at radius 1 is 0.660 bits per heavy atom. The van der Waals surface area contributed by atoms with E-state index in [1.54, 1.807) is 14.2 Å². The van der Waals surface area contributed by atoms with Crippen molar-refractivity contribution in [3.05, 3.63) is 83.4 Å². The average molecular weight is 679 g/mol. The second-order valence-corrected chi connectivity index (χ2v) is 13.2. The molecule has 2 atom stereocenters. The summed E-state index contributed by atoms with van der Waals surface area (Å²) in [5.41, 5.74) is 3.18. The van der Waals surface area contributed by atoms with Crippen LogP contribution in [0.15, 0.2) is 60.7 Å². The summed E-state index contributed by atoms with van der Waals surface area (Å²) in [6.45, 7) is 3.19. The van der Waals surface area contributed by atoms with E-state index in [0.29, 0.717) is 23.0 Å². The summed E-state index contributed by atoms with van der Waals surface area (Å²) in [4.78, 5) is 39.1. The van der Waals surface area contributed by atoms with Crippen molar-refractivity contribution in [3.8, 4) is 0 Å². The summed E-state index contributed by atoms with van der Waals surface area (Å²) in [5, 5.41) is 23.3. The van der Waals surface area contributed by atoms with Gasteiger partial charge in [-0.05, 0) is 67.8 Å². The smallest absolute Gasteiger partial charge is 0.231 e. The Morgan fingerprint density at radius 2 is 1.12 bits per heavy atom. The molecule has 260 valence electrons. The monoisotopic (exact) mass is 678 g/mol. The zero-order chi connectivity index (χ0) is 34.5. The third-order valence-corrected chi connectivity index (χ3v) is 9.69. The summed E-state index contributed by atoms with van der Waals surface area (Å²) in [6, 6.07) is 18.9. The predicted molar refractivity (Wildman–Crippen MR) is 187 cm³/mol. The van der Waals surface area contributed by atoms with Gasteiger partial charge in [0, 0.05) is 52.2 Å². The van der Waals surface area contributed by atoms with Crippen molar-refractivity contribution in [2.75, 3.05) is 60.8 Å². The number of amides is 2. The minimum Gasteiger partial charge on any atom is -0.378 e. The Morgan fingerprint density at radius 3 is 1.52 bits per heavy atom. The van der Waals surface area contributed by atoms with Gasteiger partial charge >= 0.3 is 0 Å². The number of hydrogen-bond acceptors (Lipinski definition) is 12. The van der Waals surface area contributed by atoms with Gasteiger partial charge in [-0.3, -0.25) is 9.59 Å². The Hall–Kier alpha value is -5.08. The molecular formula is C36H42N10O4. The van der Waals surface area contributed by atoms with E-state index in [1.807, 2.05) is 60.7 Å². The minimum atomic E-state index is -0.194. The molecule has 7 rings (SSSR count).